The predicted molar refractivity (Wildman–Crippen MR) is 94.1 cm³/mol. The minimum atomic E-state index is 0.0250. The minimum Gasteiger partial charge on any atom is -0.284 e. The van der Waals surface area contributed by atoms with Gasteiger partial charge in [-0.3, -0.25) is 9.48 Å². The van der Waals surface area contributed by atoms with Crippen molar-refractivity contribution < 1.29 is 0 Å². The van der Waals surface area contributed by atoms with Gasteiger partial charge in [-0.1, -0.05) is 50.0 Å². The first kappa shape index (κ1) is 15.3. The van der Waals surface area contributed by atoms with Crippen molar-refractivity contribution in [2.24, 2.45) is 12.5 Å². The van der Waals surface area contributed by atoms with Crippen LogP contribution in [0.15, 0.2) is 23.0 Å². The molecule has 3 nitrogen and oxygen atoms in total. The summed E-state index contributed by atoms with van der Waals surface area (Å²) in [5, 5.41) is 0.888. The Balaban J connectivity index is 2.05. The van der Waals surface area contributed by atoms with Gasteiger partial charge in [0.2, 0.25) is 0 Å². The average Bonchev–Trinajstić information content (AvgIpc) is 2.94. The van der Waals surface area contributed by atoms with Crippen LogP contribution in [0.4, 0.5) is 0 Å². The first-order valence-electron chi connectivity index (χ1n) is 7.98. The second-order valence-electron chi connectivity index (χ2n) is 7.62. The first-order chi connectivity index (χ1) is 10.7. The van der Waals surface area contributed by atoms with Crippen LogP contribution in [0.2, 0.25) is 10.0 Å². The topological polar surface area (TPSA) is 26.9 Å². The molecule has 2 atom stereocenters. The van der Waals surface area contributed by atoms with E-state index in [1.54, 1.807) is 10.7 Å². The summed E-state index contributed by atoms with van der Waals surface area (Å²) in [6.07, 6.45) is 2.21. The molecule has 122 valence electrons. The van der Waals surface area contributed by atoms with Gasteiger partial charge < -0.3 is 0 Å². The van der Waals surface area contributed by atoms with E-state index in [9.17, 15) is 4.79 Å². The smallest absolute Gasteiger partial charge is 0.275 e. The lowest BCUT2D eigenvalue weighted by molar-refractivity contribution is 0.218. The number of halogens is 2. The van der Waals surface area contributed by atoms with Gasteiger partial charge >= 0.3 is 0 Å². The van der Waals surface area contributed by atoms with Crippen molar-refractivity contribution in [2.75, 3.05) is 0 Å². The summed E-state index contributed by atoms with van der Waals surface area (Å²) in [7, 11) is 1.96. The highest BCUT2D eigenvalue weighted by Crippen LogP contribution is 2.66. The second-order valence-corrected chi connectivity index (χ2v) is 8.41. The molecule has 0 N–H and O–H groups in total. The molecule has 2 bridgehead atoms. The Morgan fingerprint density at radius 1 is 1.22 bits per heavy atom. The van der Waals surface area contributed by atoms with Crippen molar-refractivity contribution in [3.63, 3.8) is 0 Å². The number of hydrogen-bond acceptors (Lipinski definition) is 1. The molecule has 0 amide bonds. The van der Waals surface area contributed by atoms with Crippen LogP contribution in [-0.4, -0.2) is 9.36 Å². The van der Waals surface area contributed by atoms with E-state index in [0.717, 1.165) is 18.4 Å². The number of rotatable bonds is 1. The Morgan fingerprint density at radius 2 is 1.91 bits per heavy atom. The second kappa shape index (κ2) is 4.46. The molecule has 0 saturated heterocycles. The highest BCUT2D eigenvalue weighted by molar-refractivity contribution is 6.43. The third-order valence-electron chi connectivity index (χ3n) is 6.56. The molecule has 2 aromatic rings. The highest BCUT2D eigenvalue weighted by Gasteiger charge is 2.62. The zero-order valence-electron chi connectivity index (χ0n) is 13.8. The lowest BCUT2D eigenvalue weighted by Gasteiger charge is -2.36. The van der Waals surface area contributed by atoms with E-state index in [0.29, 0.717) is 21.7 Å². The fraction of sp³-hybridized carbons (Fsp3) is 0.500. The van der Waals surface area contributed by atoms with Crippen molar-refractivity contribution >= 4 is 23.2 Å². The third-order valence-corrected chi connectivity index (χ3v) is 7.37. The summed E-state index contributed by atoms with van der Waals surface area (Å²) in [5.74, 6) is 0.320. The maximum atomic E-state index is 13.2. The maximum Gasteiger partial charge on any atom is 0.275 e. The van der Waals surface area contributed by atoms with E-state index in [1.165, 1.54) is 5.69 Å². The van der Waals surface area contributed by atoms with Crippen molar-refractivity contribution in [1.82, 2.24) is 9.36 Å². The van der Waals surface area contributed by atoms with Gasteiger partial charge in [0.25, 0.3) is 5.56 Å². The van der Waals surface area contributed by atoms with Gasteiger partial charge in [-0.15, -0.1) is 0 Å². The van der Waals surface area contributed by atoms with Crippen LogP contribution in [-0.2, 0) is 12.5 Å². The summed E-state index contributed by atoms with van der Waals surface area (Å²) >= 11 is 12.5. The van der Waals surface area contributed by atoms with Crippen molar-refractivity contribution in [2.45, 2.75) is 44.9 Å². The summed E-state index contributed by atoms with van der Waals surface area (Å²) in [4.78, 5) is 13.2. The molecular weight excluding hydrogens is 331 g/mol. The number of fused-ring (bicyclic) bond motifs is 5. The van der Waals surface area contributed by atoms with Crippen LogP contribution in [0.3, 0.4) is 0 Å². The molecule has 1 aromatic carbocycles. The average molecular weight is 351 g/mol. The zero-order valence-corrected chi connectivity index (χ0v) is 15.3. The van der Waals surface area contributed by atoms with Crippen molar-refractivity contribution in [1.29, 1.82) is 0 Å². The van der Waals surface area contributed by atoms with Gasteiger partial charge in [-0.05, 0) is 36.3 Å². The molecule has 4 rings (SSSR count). The molecule has 0 aliphatic heterocycles. The van der Waals surface area contributed by atoms with Crippen LogP contribution < -0.4 is 5.56 Å². The molecule has 2 aliphatic carbocycles. The van der Waals surface area contributed by atoms with E-state index in [4.69, 9.17) is 23.2 Å². The van der Waals surface area contributed by atoms with Gasteiger partial charge in [0.1, 0.15) is 0 Å². The molecule has 5 heteroatoms. The van der Waals surface area contributed by atoms with Crippen LogP contribution >= 0.6 is 23.2 Å². The highest BCUT2D eigenvalue weighted by atomic mass is 35.5. The van der Waals surface area contributed by atoms with Gasteiger partial charge in [0.15, 0.2) is 0 Å². The van der Waals surface area contributed by atoms with Gasteiger partial charge in [0, 0.05) is 18.0 Å². The first-order valence-corrected chi connectivity index (χ1v) is 8.74. The Hall–Kier alpha value is -1.19. The van der Waals surface area contributed by atoms with Gasteiger partial charge in [0.05, 0.1) is 21.4 Å². The lowest BCUT2D eigenvalue weighted by Crippen LogP contribution is -2.35. The van der Waals surface area contributed by atoms with E-state index in [-0.39, 0.29) is 16.4 Å². The minimum absolute atomic E-state index is 0.0250. The summed E-state index contributed by atoms with van der Waals surface area (Å²) in [5.41, 5.74) is 2.99. The summed E-state index contributed by atoms with van der Waals surface area (Å²) in [6.45, 7) is 6.88. The van der Waals surface area contributed by atoms with Crippen molar-refractivity contribution in [3.05, 3.63) is 49.9 Å². The number of hydrogen-bond donors (Lipinski definition) is 0. The number of benzene rings is 1. The lowest BCUT2D eigenvalue weighted by atomic mass is 9.70. The molecule has 1 aromatic heterocycles. The van der Waals surface area contributed by atoms with E-state index in [1.807, 2.05) is 23.9 Å². The molecule has 1 fully saturated rings. The predicted octanol–water partition coefficient (Wildman–Crippen LogP) is 4.66. The Kier molecular flexibility index (Phi) is 2.97. The molecule has 0 spiro atoms. The quantitative estimate of drug-likeness (QED) is 0.734. The molecule has 23 heavy (non-hydrogen) atoms. The van der Waals surface area contributed by atoms with E-state index >= 15 is 0 Å². The maximum absolute atomic E-state index is 13.2. The Bertz CT molecular complexity index is 893. The fourth-order valence-electron chi connectivity index (χ4n) is 4.95. The van der Waals surface area contributed by atoms with Gasteiger partial charge in [-0.25, -0.2) is 4.68 Å². The standard InChI is InChI=1S/C18H20Cl2N2O/c1-17(2)10-8-9-18(17,3)15-13(10)16(23)22(21(15)4)12-7-5-6-11(19)14(12)20/h5-7,10H,8-9H2,1-4H3/t10-,18+/m1/s1. The molecule has 1 saturated carbocycles. The summed E-state index contributed by atoms with van der Waals surface area (Å²) < 4.78 is 3.68. The fourth-order valence-corrected chi connectivity index (χ4v) is 5.33. The van der Waals surface area contributed by atoms with Crippen LogP contribution in [0, 0.1) is 5.41 Å². The Labute approximate surface area is 145 Å². The molecule has 2 aliphatic rings. The van der Waals surface area contributed by atoms with E-state index in [2.05, 4.69) is 20.8 Å². The SMILES string of the molecule is Cn1c2c(c(=O)n1-c1cccc(Cl)c1Cl)[C@H]1CC[C@]2(C)C1(C)C. The third kappa shape index (κ3) is 1.60. The molecule has 0 unspecified atom stereocenters. The van der Waals surface area contributed by atoms with Crippen molar-refractivity contribution in [3.8, 4) is 5.69 Å². The Morgan fingerprint density at radius 3 is 2.57 bits per heavy atom. The molecule has 1 heterocycles. The number of aromatic nitrogens is 2. The molecule has 0 radical (unpaired) electrons. The number of nitrogens with zero attached hydrogens (tertiary/aromatic N) is 2. The van der Waals surface area contributed by atoms with E-state index < -0.39 is 0 Å². The van der Waals surface area contributed by atoms with Crippen LogP contribution in [0.5, 0.6) is 0 Å². The monoisotopic (exact) mass is 350 g/mol. The zero-order chi connectivity index (χ0) is 16.7. The molecular formula is C18H20Cl2N2O. The van der Waals surface area contributed by atoms with Crippen LogP contribution in [0.1, 0.15) is 50.8 Å². The normalized spacial score (nSPS) is 27.5. The van der Waals surface area contributed by atoms with Crippen LogP contribution in [0.25, 0.3) is 5.69 Å². The van der Waals surface area contributed by atoms with Gasteiger partial charge in [-0.2, -0.15) is 0 Å². The summed E-state index contributed by atoms with van der Waals surface area (Å²) in [6, 6.07) is 5.41. The largest absolute Gasteiger partial charge is 0.284 e.